The number of aromatic nitrogens is 4. The van der Waals surface area contributed by atoms with E-state index in [1.165, 1.54) is 17.7 Å². The predicted octanol–water partition coefficient (Wildman–Crippen LogP) is 0.904. The summed E-state index contributed by atoms with van der Waals surface area (Å²) in [5.41, 5.74) is 8.43. The Kier molecular flexibility index (Phi) is 1.35. The molecule has 0 aliphatic heterocycles. The van der Waals surface area contributed by atoms with Crippen LogP contribution in [0.15, 0.2) is 18.6 Å². The van der Waals surface area contributed by atoms with Crippen molar-refractivity contribution in [3.05, 3.63) is 29.8 Å². The molecule has 80 valence electrons. The zero-order chi connectivity index (χ0) is 10.7. The molecule has 2 aromatic rings. The molecule has 0 radical (unpaired) electrons. The molecule has 0 spiro atoms. The summed E-state index contributed by atoms with van der Waals surface area (Å²) in [6.45, 7) is 0. The van der Waals surface area contributed by atoms with E-state index in [0.29, 0.717) is 11.7 Å². The van der Waals surface area contributed by atoms with Crippen LogP contribution in [-0.4, -0.2) is 19.7 Å². The van der Waals surface area contributed by atoms with Crippen LogP contribution in [0.1, 0.15) is 23.6 Å². The van der Waals surface area contributed by atoms with Gasteiger partial charge in [0.25, 0.3) is 0 Å². The van der Waals surface area contributed by atoms with E-state index >= 15 is 0 Å². The van der Waals surface area contributed by atoms with E-state index in [1.807, 2.05) is 4.68 Å². The Morgan fingerprint density at radius 3 is 3.12 bits per heavy atom. The fourth-order valence-corrected chi connectivity index (χ4v) is 2.72. The maximum Gasteiger partial charge on any atom is 0.172 e. The van der Waals surface area contributed by atoms with Gasteiger partial charge in [0.05, 0.1) is 11.9 Å². The standard InChI is InChI=1S/C11H11N5/c12-11-8-4-6-3-7(6)10(8)16(15-11)9-5-13-1-2-14-9/h1-2,5-7H,3-4H2,(H2,12,15)/t6-,7-/m0/s1. The van der Waals surface area contributed by atoms with Gasteiger partial charge in [-0.2, -0.15) is 0 Å². The van der Waals surface area contributed by atoms with Crippen LogP contribution >= 0.6 is 0 Å². The van der Waals surface area contributed by atoms with Gasteiger partial charge in [-0.25, -0.2) is 9.67 Å². The molecule has 2 aliphatic rings. The number of hydrogen-bond acceptors (Lipinski definition) is 4. The van der Waals surface area contributed by atoms with Gasteiger partial charge < -0.3 is 5.73 Å². The Balaban J connectivity index is 1.94. The summed E-state index contributed by atoms with van der Waals surface area (Å²) in [6, 6.07) is 0. The number of rotatable bonds is 1. The van der Waals surface area contributed by atoms with E-state index in [1.54, 1.807) is 18.6 Å². The largest absolute Gasteiger partial charge is 0.382 e. The fraction of sp³-hybridized carbons (Fsp3) is 0.364. The first-order valence-corrected chi connectivity index (χ1v) is 5.48. The molecule has 4 rings (SSSR count). The first kappa shape index (κ1) is 8.27. The van der Waals surface area contributed by atoms with Crippen molar-refractivity contribution in [2.24, 2.45) is 5.92 Å². The summed E-state index contributed by atoms with van der Waals surface area (Å²) in [4.78, 5) is 8.35. The van der Waals surface area contributed by atoms with Gasteiger partial charge in [-0.1, -0.05) is 0 Å². The van der Waals surface area contributed by atoms with E-state index in [0.717, 1.165) is 18.2 Å². The van der Waals surface area contributed by atoms with Gasteiger partial charge in [-0.15, -0.1) is 5.10 Å². The molecular weight excluding hydrogens is 202 g/mol. The van der Waals surface area contributed by atoms with Gasteiger partial charge >= 0.3 is 0 Å². The van der Waals surface area contributed by atoms with Crippen molar-refractivity contribution in [1.82, 2.24) is 19.7 Å². The molecular formula is C11H11N5. The minimum Gasteiger partial charge on any atom is -0.382 e. The Bertz CT molecular complexity index is 559. The highest BCUT2D eigenvalue weighted by Crippen LogP contribution is 2.57. The molecule has 16 heavy (non-hydrogen) atoms. The van der Waals surface area contributed by atoms with Crippen molar-refractivity contribution in [2.45, 2.75) is 18.8 Å². The topological polar surface area (TPSA) is 69.6 Å². The zero-order valence-corrected chi connectivity index (χ0v) is 8.67. The molecule has 2 aliphatic carbocycles. The monoisotopic (exact) mass is 213 g/mol. The third kappa shape index (κ3) is 0.925. The van der Waals surface area contributed by atoms with E-state index in [2.05, 4.69) is 15.1 Å². The number of nitrogen functional groups attached to an aromatic ring is 1. The molecule has 0 saturated heterocycles. The molecule has 0 unspecified atom stereocenters. The summed E-state index contributed by atoms with van der Waals surface area (Å²) in [5, 5.41) is 4.37. The molecule has 5 heteroatoms. The third-order valence-electron chi connectivity index (χ3n) is 3.56. The molecule has 0 amide bonds. The van der Waals surface area contributed by atoms with Crippen LogP contribution in [0.2, 0.25) is 0 Å². The average Bonchev–Trinajstić information content (AvgIpc) is 2.86. The lowest BCUT2D eigenvalue weighted by molar-refractivity contribution is 0.770. The average molecular weight is 213 g/mol. The van der Waals surface area contributed by atoms with Gasteiger partial charge in [-0.05, 0) is 18.8 Å². The zero-order valence-electron chi connectivity index (χ0n) is 8.67. The molecule has 2 N–H and O–H groups in total. The molecule has 1 saturated carbocycles. The normalized spacial score (nSPS) is 25.2. The maximum atomic E-state index is 5.93. The van der Waals surface area contributed by atoms with Gasteiger partial charge in [0.15, 0.2) is 5.82 Å². The number of fused-ring (bicyclic) bond motifs is 3. The highest BCUT2D eigenvalue weighted by molar-refractivity contribution is 5.52. The molecule has 1 fully saturated rings. The number of hydrogen-bond donors (Lipinski definition) is 1. The lowest BCUT2D eigenvalue weighted by atomic mass is 10.2. The highest BCUT2D eigenvalue weighted by atomic mass is 15.3. The van der Waals surface area contributed by atoms with Crippen LogP contribution in [0.5, 0.6) is 0 Å². The second-order valence-corrected chi connectivity index (χ2v) is 4.53. The summed E-state index contributed by atoms with van der Waals surface area (Å²) in [7, 11) is 0. The van der Waals surface area contributed by atoms with Crippen LogP contribution in [0.25, 0.3) is 5.82 Å². The Morgan fingerprint density at radius 1 is 1.38 bits per heavy atom. The van der Waals surface area contributed by atoms with Crippen LogP contribution in [-0.2, 0) is 6.42 Å². The molecule has 0 aromatic carbocycles. The summed E-state index contributed by atoms with van der Waals surface area (Å²) in [6.07, 6.45) is 7.43. The third-order valence-corrected chi connectivity index (χ3v) is 3.56. The highest BCUT2D eigenvalue weighted by Gasteiger charge is 2.49. The van der Waals surface area contributed by atoms with Crippen LogP contribution < -0.4 is 5.73 Å². The lowest BCUT2D eigenvalue weighted by Crippen LogP contribution is -2.04. The Labute approximate surface area is 92.3 Å². The van der Waals surface area contributed by atoms with E-state index in [4.69, 9.17) is 5.73 Å². The van der Waals surface area contributed by atoms with E-state index in [9.17, 15) is 0 Å². The van der Waals surface area contributed by atoms with E-state index < -0.39 is 0 Å². The van der Waals surface area contributed by atoms with Gasteiger partial charge in [0.2, 0.25) is 0 Å². The molecule has 2 atom stereocenters. The quantitative estimate of drug-likeness (QED) is 0.764. The number of nitrogens with two attached hydrogens (primary N) is 1. The van der Waals surface area contributed by atoms with Gasteiger partial charge in [-0.3, -0.25) is 4.98 Å². The Hall–Kier alpha value is -1.91. The number of nitrogens with zero attached hydrogens (tertiary/aromatic N) is 4. The van der Waals surface area contributed by atoms with Gasteiger partial charge in [0.1, 0.15) is 5.82 Å². The van der Waals surface area contributed by atoms with Crippen LogP contribution in [0.4, 0.5) is 5.82 Å². The van der Waals surface area contributed by atoms with Crippen LogP contribution in [0, 0.1) is 5.92 Å². The Morgan fingerprint density at radius 2 is 2.31 bits per heavy atom. The van der Waals surface area contributed by atoms with Crippen molar-refractivity contribution in [3.8, 4) is 5.82 Å². The van der Waals surface area contributed by atoms with Crippen molar-refractivity contribution < 1.29 is 0 Å². The number of anilines is 1. The minimum atomic E-state index is 0.654. The summed E-state index contributed by atoms with van der Waals surface area (Å²) in [5.74, 6) is 2.89. The van der Waals surface area contributed by atoms with Crippen molar-refractivity contribution in [1.29, 1.82) is 0 Å². The minimum absolute atomic E-state index is 0.654. The maximum absolute atomic E-state index is 5.93. The lowest BCUT2D eigenvalue weighted by Gasteiger charge is -2.03. The first-order valence-electron chi connectivity index (χ1n) is 5.48. The fourth-order valence-electron chi connectivity index (χ4n) is 2.72. The molecule has 2 heterocycles. The molecule has 0 bridgehead atoms. The second kappa shape index (κ2) is 2.61. The van der Waals surface area contributed by atoms with Crippen LogP contribution in [0.3, 0.4) is 0 Å². The predicted molar refractivity (Wildman–Crippen MR) is 58.1 cm³/mol. The summed E-state index contributed by atoms with van der Waals surface area (Å²) < 4.78 is 1.87. The van der Waals surface area contributed by atoms with Crippen molar-refractivity contribution in [2.75, 3.05) is 5.73 Å². The summed E-state index contributed by atoms with van der Waals surface area (Å²) >= 11 is 0. The van der Waals surface area contributed by atoms with Crippen molar-refractivity contribution in [3.63, 3.8) is 0 Å². The second-order valence-electron chi connectivity index (χ2n) is 4.53. The molecule has 5 nitrogen and oxygen atoms in total. The first-order chi connectivity index (χ1) is 7.84. The van der Waals surface area contributed by atoms with Gasteiger partial charge in [0, 0.05) is 23.9 Å². The van der Waals surface area contributed by atoms with E-state index in [-0.39, 0.29) is 0 Å². The molecule has 2 aromatic heterocycles. The van der Waals surface area contributed by atoms with Crippen molar-refractivity contribution >= 4 is 5.82 Å². The smallest absolute Gasteiger partial charge is 0.172 e. The SMILES string of the molecule is Nc1nn(-c2cnccn2)c2c1C[C@@H]1C[C@H]21.